The first-order valence-corrected chi connectivity index (χ1v) is 8.55. The molecule has 5 nitrogen and oxygen atoms in total. The lowest BCUT2D eigenvalue weighted by molar-refractivity contribution is -0.135. The lowest BCUT2D eigenvalue weighted by Crippen LogP contribution is -2.51. The van der Waals surface area contributed by atoms with Crippen LogP contribution in [0.3, 0.4) is 0 Å². The van der Waals surface area contributed by atoms with Crippen LogP contribution in [0.1, 0.15) is 21.5 Å². The van der Waals surface area contributed by atoms with Gasteiger partial charge in [-0.15, -0.1) is 0 Å². The molecule has 10 heteroatoms. The van der Waals surface area contributed by atoms with Crippen molar-refractivity contribution in [2.45, 2.75) is 19.0 Å². The molecule has 2 aromatic carbocycles. The van der Waals surface area contributed by atoms with Crippen molar-refractivity contribution in [3.63, 3.8) is 0 Å². The molecule has 0 aliphatic carbocycles. The summed E-state index contributed by atoms with van der Waals surface area (Å²) in [5.41, 5.74) is 0.161. The van der Waals surface area contributed by atoms with E-state index in [9.17, 15) is 36.6 Å². The van der Waals surface area contributed by atoms with Crippen LogP contribution in [0.2, 0.25) is 0 Å². The second kappa shape index (κ2) is 8.16. The second-order valence-electron chi connectivity index (χ2n) is 6.43. The van der Waals surface area contributed by atoms with Crippen LogP contribution in [-0.4, -0.2) is 41.0 Å². The first kappa shape index (κ1) is 20.7. The zero-order chi connectivity index (χ0) is 21.3. The topological polar surface area (TPSA) is 69.6 Å². The largest absolute Gasteiger partial charge is 0.394 e. The Bertz CT molecular complexity index is 954. The monoisotopic (exact) mass is 414 g/mol. The fourth-order valence-electron chi connectivity index (χ4n) is 3.12. The highest BCUT2D eigenvalue weighted by atomic mass is 19.2. The minimum Gasteiger partial charge on any atom is -0.394 e. The number of hydrogen-bond acceptors (Lipinski definition) is 3. The molecule has 2 amide bonds. The van der Waals surface area contributed by atoms with Gasteiger partial charge in [0.05, 0.1) is 6.61 Å². The van der Waals surface area contributed by atoms with Gasteiger partial charge in [0, 0.05) is 13.1 Å². The average Bonchev–Trinajstić information content (AvgIpc) is 2.73. The van der Waals surface area contributed by atoms with Crippen molar-refractivity contribution in [1.29, 1.82) is 0 Å². The maximum Gasteiger partial charge on any atom is 0.258 e. The van der Waals surface area contributed by atoms with Crippen molar-refractivity contribution < 1.29 is 36.6 Å². The van der Waals surface area contributed by atoms with Crippen LogP contribution in [0, 0.1) is 29.1 Å². The molecule has 2 aromatic rings. The van der Waals surface area contributed by atoms with Crippen molar-refractivity contribution in [1.82, 2.24) is 10.2 Å². The van der Waals surface area contributed by atoms with Gasteiger partial charge in [-0.25, -0.2) is 22.0 Å². The predicted molar refractivity (Wildman–Crippen MR) is 90.1 cm³/mol. The molecule has 3 rings (SSSR count). The molecule has 1 aliphatic rings. The van der Waals surface area contributed by atoms with Crippen LogP contribution in [0.4, 0.5) is 22.0 Å². The van der Waals surface area contributed by atoms with E-state index < -0.39 is 59.1 Å². The molecule has 29 heavy (non-hydrogen) atoms. The van der Waals surface area contributed by atoms with E-state index in [0.29, 0.717) is 6.42 Å². The molecule has 0 saturated carbocycles. The van der Waals surface area contributed by atoms with Gasteiger partial charge in [-0.05, 0) is 17.5 Å². The van der Waals surface area contributed by atoms with Gasteiger partial charge in [-0.1, -0.05) is 24.3 Å². The van der Waals surface area contributed by atoms with Crippen molar-refractivity contribution in [2.24, 2.45) is 0 Å². The molecule has 1 aliphatic heterocycles. The maximum atomic E-state index is 13.8. The van der Waals surface area contributed by atoms with Crippen LogP contribution in [0.15, 0.2) is 24.3 Å². The zero-order valence-corrected chi connectivity index (χ0v) is 14.8. The van der Waals surface area contributed by atoms with E-state index in [4.69, 9.17) is 0 Å². The van der Waals surface area contributed by atoms with E-state index in [2.05, 4.69) is 0 Å². The Hall–Kier alpha value is -3.01. The molecular weight excluding hydrogens is 399 g/mol. The number of amides is 2. The number of benzene rings is 2. The van der Waals surface area contributed by atoms with E-state index in [1.54, 1.807) is 12.1 Å². The number of aliphatic hydroxyl groups excluding tert-OH is 1. The Morgan fingerprint density at radius 1 is 0.966 bits per heavy atom. The SMILES string of the molecule is O=C(NC(CO)C(=O)N1CCc2ccccc2C1)c1c(F)c(F)c(F)c(F)c1F. The van der Waals surface area contributed by atoms with Crippen molar-refractivity contribution >= 4 is 11.8 Å². The summed E-state index contributed by atoms with van der Waals surface area (Å²) in [6.45, 7) is -0.479. The summed E-state index contributed by atoms with van der Waals surface area (Å²) in [6.07, 6.45) is 0.519. The normalized spacial score (nSPS) is 14.3. The Kier molecular flexibility index (Phi) is 5.83. The number of nitrogens with one attached hydrogen (secondary N) is 1. The second-order valence-corrected chi connectivity index (χ2v) is 6.43. The number of aliphatic hydroxyl groups is 1. The summed E-state index contributed by atoms with van der Waals surface area (Å²) >= 11 is 0. The number of rotatable bonds is 4. The van der Waals surface area contributed by atoms with Crippen molar-refractivity contribution in [3.05, 3.63) is 70.0 Å². The van der Waals surface area contributed by atoms with Gasteiger partial charge >= 0.3 is 0 Å². The standard InChI is InChI=1S/C19H15F5N2O3/c20-13-12(14(21)16(23)17(24)15(13)22)18(28)25-11(8-27)19(29)26-6-5-9-3-1-2-4-10(9)7-26/h1-4,11,27H,5-8H2,(H,25,28). The molecule has 0 radical (unpaired) electrons. The summed E-state index contributed by atoms with van der Waals surface area (Å²) in [5, 5.41) is 11.3. The van der Waals surface area contributed by atoms with Crippen LogP contribution < -0.4 is 5.32 Å². The summed E-state index contributed by atoms with van der Waals surface area (Å²) in [7, 11) is 0. The fourth-order valence-corrected chi connectivity index (χ4v) is 3.12. The van der Waals surface area contributed by atoms with E-state index in [1.165, 1.54) is 4.90 Å². The van der Waals surface area contributed by atoms with E-state index in [0.717, 1.165) is 11.1 Å². The first-order chi connectivity index (χ1) is 13.8. The molecule has 2 N–H and O–H groups in total. The lowest BCUT2D eigenvalue weighted by atomic mass is 9.99. The summed E-state index contributed by atoms with van der Waals surface area (Å²) in [4.78, 5) is 26.1. The van der Waals surface area contributed by atoms with Gasteiger partial charge < -0.3 is 15.3 Å². The maximum absolute atomic E-state index is 13.8. The minimum absolute atomic E-state index is 0.184. The van der Waals surface area contributed by atoms with Gasteiger partial charge in [0.15, 0.2) is 23.3 Å². The Morgan fingerprint density at radius 2 is 1.52 bits per heavy atom. The highest BCUT2D eigenvalue weighted by molar-refractivity contribution is 5.98. The average molecular weight is 414 g/mol. The number of halogens is 5. The van der Waals surface area contributed by atoms with Gasteiger partial charge in [-0.2, -0.15) is 0 Å². The molecule has 0 spiro atoms. The number of nitrogens with zero attached hydrogens (tertiary/aromatic N) is 1. The van der Waals surface area contributed by atoms with Gasteiger partial charge in [-0.3, -0.25) is 9.59 Å². The Morgan fingerprint density at radius 3 is 2.10 bits per heavy atom. The third-order valence-electron chi connectivity index (χ3n) is 4.67. The van der Waals surface area contributed by atoms with Crippen LogP contribution in [0.5, 0.6) is 0 Å². The molecule has 1 atom stereocenters. The minimum atomic E-state index is -2.40. The Labute approximate surface area is 161 Å². The smallest absolute Gasteiger partial charge is 0.258 e. The number of carbonyl (C=O) groups excluding carboxylic acids is 2. The van der Waals surface area contributed by atoms with Crippen LogP contribution in [0.25, 0.3) is 0 Å². The number of fused-ring (bicyclic) bond motifs is 1. The third kappa shape index (κ3) is 3.80. The van der Waals surface area contributed by atoms with E-state index in [-0.39, 0.29) is 13.1 Å². The molecule has 0 fully saturated rings. The molecule has 0 aromatic heterocycles. The third-order valence-corrected chi connectivity index (χ3v) is 4.67. The van der Waals surface area contributed by atoms with Gasteiger partial charge in [0.25, 0.3) is 5.91 Å². The van der Waals surface area contributed by atoms with Gasteiger partial charge in [0.2, 0.25) is 11.7 Å². The van der Waals surface area contributed by atoms with Crippen LogP contribution in [-0.2, 0) is 17.8 Å². The summed E-state index contributed by atoms with van der Waals surface area (Å²) in [5.74, 6) is -14.1. The molecule has 1 heterocycles. The molecule has 1 unspecified atom stereocenters. The quantitative estimate of drug-likeness (QED) is 0.457. The van der Waals surface area contributed by atoms with E-state index in [1.807, 2.05) is 17.4 Å². The molecular formula is C19H15F5N2O3. The molecule has 0 saturated heterocycles. The van der Waals surface area contributed by atoms with Crippen molar-refractivity contribution in [3.8, 4) is 0 Å². The number of hydrogen-bond donors (Lipinski definition) is 2. The van der Waals surface area contributed by atoms with Crippen LogP contribution >= 0.6 is 0 Å². The summed E-state index contributed by atoms with van der Waals surface area (Å²) < 4.78 is 67.3. The zero-order valence-electron chi connectivity index (χ0n) is 14.8. The highest BCUT2D eigenvalue weighted by Crippen LogP contribution is 2.23. The predicted octanol–water partition coefficient (Wildman–Crippen LogP) is 2.06. The van der Waals surface area contributed by atoms with Crippen molar-refractivity contribution in [2.75, 3.05) is 13.2 Å². The number of carbonyl (C=O) groups is 2. The summed E-state index contributed by atoms with van der Waals surface area (Å²) in [6, 6.07) is 5.70. The molecule has 154 valence electrons. The van der Waals surface area contributed by atoms with E-state index >= 15 is 0 Å². The lowest BCUT2D eigenvalue weighted by Gasteiger charge is -2.31. The fraction of sp³-hybridized carbons (Fsp3) is 0.263. The first-order valence-electron chi connectivity index (χ1n) is 8.55. The van der Waals surface area contributed by atoms with Gasteiger partial charge in [0.1, 0.15) is 11.6 Å². The molecule has 0 bridgehead atoms. The highest BCUT2D eigenvalue weighted by Gasteiger charge is 2.33. The Balaban J connectivity index is 1.80.